The lowest BCUT2D eigenvalue weighted by Crippen LogP contribution is -2.11. The molecule has 0 saturated carbocycles. The maximum Gasteiger partial charge on any atom is 0.0540 e. The molecule has 0 fully saturated rings. The van der Waals surface area contributed by atoms with Gasteiger partial charge in [-0.1, -0.05) is 194 Å². The van der Waals surface area contributed by atoms with Gasteiger partial charge in [-0.2, -0.15) is 0 Å². The molecule has 0 N–H and O–H groups in total. The SMILES string of the molecule is c1ccc(-c2c(-c3ccccc3)c3cc(-c4ccccc4N(c4ccc5c(ccc6ccccc65)c4)c4cccc5ccccc45)ccc3c3ccccc23)cc1. The van der Waals surface area contributed by atoms with E-state index in [0.717, 1.165) is 17.1 Å². The van der Waals surface area contributed by atoms with Crippen LogP contribution in [0.4, 0.5) is 17.1 Å². The molecule has 0 spiro atoms. The molecule has 11 aromatic rings. The maximum atomic E-state index is 2.46. The van der Waals surface area contributed by atoms with Gasteiger partial charge in [0.25, 0.3) is 0 Å². The Kier molecular flexibility index (Phi) is 7.89. The zero-order valence-electron chi connectivity index (χ0n) is 31.3. The second-order valence-electron chi connectivity index (χ2n) is 14.8. The minimum absolute atomic E-state index is 1.12. The summed E-state index contributed by atoms with van der Waals surface area (Å²) in [5.74, 6) is 0. The van der Waals surface area contributed by atoms with E-state index in [2.05, 4.69) is 229 Å². The van der Waals surface area contributed by atoms with E-state index in [1.807, 2.05) is 0 Å². The van der Waals surface area contributed by atoms with Crippen LogP contribution in [0.2, 0.25) is 0 Å². The van der Waals surface area contributed by atoms with Gasteiger partial charge in [0.2, 0.25) is 0 Å². The Bertz CT molecular complexity index is 3290. The monoisotopic (exact) mass is 723 g/mol. The summed E-state index contributed by atoms with van der Waals surface area (Å²) < 4.78 is 0. The van der Waals surface area contributed by atoms with Crippen molar-refractivity contribution >= 4 is 70.9 Å². The van der Waals surface area contributed by atoms with Crippen LogP contribution in [-0.4, -0.2) is 0 Å². The number of fused-ring (bicyclic) bond motifs is 7. The Hall–Kier alpha value is -7.48. The first-order chi connectivity index (χ1) is 28.3. The quantitative estimate of drug-likeness (QED) is 0.154. The van der Waals surface area contributed by atoms with Crippen molar-refractivity contribution in [1.29, 1.82) is 0 Å². The van der Waals surface area contributed by atoms with Gasteiger partial charge >= 0.3 is 0 Å². The van der Waals surface area contributed by atoms with Crippen LogP contribution in [-0.2, 0) is 0 Å². The van der Waals surface area contributed by atoms with Crippen LogP contribution in [0.5, 0.6) is 0 Å². The topological polar surface area (TPSA) is 3.24 Å². The molecule has 0 radical (unpaired) electrons. The first-order valence-electron chi connectivity index (χ1n) is 19.7. The van der Waals surface area contributed by atoms with Crippen LogP contribution in [0.25, 0.3) is 87.2 Å². The van der Waals surface area contributed by atoms with Crippen molar-refractivity contribution in [2.45, 2.75) is 0 Å². The first kappa shape index (κ1) is 32.9. The van der Waals surface area contributed by atoms with E-state index in [1.54, 1.807) is 0 Å². The molecule has 0 aliphatic rings. The van der Waals surface area contributed by atoms with Crippen molar-refractivity contribution in [3.63, 3.8) is 0 Å². The molecule has 0 unspecified atom stereocenters. The smallest absolute Gasteiger partial charge is 0.0540 e. The lowest BCUT2D eigenvalue weighted by Gasteiger charge is -2.29. The molecule has 0 aliphatic carbocycles. The maximum absolute atomic E-state index is 2.46. The summed E-state index contributed by atoms with van der Waals surface area (Å²) >= 11 is 0. The van der Waals surface area contributed by atoms with Gasteiger partial charge in [-0.05, 0) is 107 Å². The van der Waals surface area contributed by atoms with Gasteiger partial charge in [-0.25, -0.2) is 0 Å². The number of anilines is 3. The van der Waals surface area contributed by atoms with Crippen LogP contribution in [0.15, 0.2) is 224 Å². The minimum Gasteiger partial charge on any atom is -0.309 e. The highest BCUT2D eigenvalue weighted by Crippen LogP contribution is 2.48. The lowest BCUT2D eigenvalue weighted by molar-refractivity contribution is 1.30. The van der Waals surface area contributed by atoms with E-state index in [0.29, 0.717) is 0 Å². The second-order valence-corrected chi connectivity index (χ2v) is 14.8. The van der Waals surface area contributed by atoms with Crippen LogP contribution in [0.3, 0.4) is 0 Å². The van der Waals surface area contributed by atoms with Crippen molar-refractivity contribution in [2.24, 2.45) is 0 Å². The standard InChI is InChI=1S/C56H37N/c1-3-18-40(19-4-1)55-51-27-12-11-26-49(51)50-34-32-43(37-52(50)56(55)41-20-5-2-6-21-41)48-25-13-14-28-53(48)57(54-29-15-22-38-16-8-10-24-47(38)54)44-33-35-46-42(36-44)31-30-39-17-7-9-23-45(39)46/h1-37H. The van der Waals surface area contributed by atoms with E-state index in [1.165, 1.54) is 87.2 Å². The van der Waals surface area contributed by atoms with Gasteiger partial charge in [-0.3, -0.25) is 0 Å². The molecule has 0 heterocycles. The predicted molar refractivity (Wildman–Crippen MR) is 245 cm³/mol. The van der Waals surface area contributed by atoms with E-state index >= 15 is 0 Å². The van der Waals surface area contributed by atoms with Crippen molar-refractivity contribution in [2.75, 3.05) is 4.90 Å². The van der Waals surface area contributed by atoms with Crippen LogP contribution >= 0.6 is 0 Å². The number of rotatable bonds is 6. The molecule has 0 aliphatic heterocycles. The largest absolute Gasteiger partial charge is 0.309 e. The van der Waals surface area contributed by atoms with Crippen molar-refractivity contribution in [3.05, 3.63) is 224 Å². The summed E-state index contributed by atoms with van der Waals surface area (Å²) in [5, 5.41) is 12.4. The molecule has 0 atom stereocenters. The summed E-state index contributed by atoms with van der Waals surface area (Å²) in [4.78, 5) is 2.46. The van der Waals surface area contributed by atoms with E-state index in [4.69, 9.17) is 0 Å². The Morgan fingerprint density at radius 3 is 1.53 bits per heavy atom. The number of hydrogen-bond donors (Lipinski definition) is 0. The molecule has 0 aromatic heterocycles. The number of benzene rings is 11. The zero-order chi connectivity index (χ0) is 37.7. The van der Waals surface area contributed by atoms with Crippen LogP contribution in [0, 0.1) is 0 Å². The fourth-order valence-electron chi connectivity index (χ4n) is 9.03. The van der Waals surface area contributed by atoms with Crippen molar-refractivity contribution in [3.8, 4) is 33.4 Å². The Balaban J connectivity index is 1.19. The molecule has 0 bridgehead atoms. The van der Waals surface area contributed by atoms with Gasteiger partial charge in [0.1, 0.15) is 0 Å². The molecule has 0 saturated heterocycles. The first-order valence-corrected chi connectivity index (χ1v) is 19.7. The second kappa shape index (κ2) is 13.7. The molecule has 1 nitrogen and oxygen atoms in total. The normalized spacial score (nSPS) is 11.5. The lowest BCUT2D eigenvalue weighted by atomic mass is 9.84. The third kappa shape index (κ3) is 5.55. The fraction of sp³-hybridized carbons (Fsp3) is 0. The van der Waals surface area contributed by atoms with Crippen molar-refractivity contribution < 1.29 is 0 Å². The highest BCUT2D eigenvalue weighted by molar-refractivity contribution is 6.22. The molecule has 1 heteroatoms. The summed E-state index contributed by atoms with van der Waals surface area (Å²) in [6.07, 6.45) is 0. The summed E-state index contributed by atoms with van der Waals surface area (Å²) in [5.41, 5.74) is 10.7. The zero-order valence-corrected chi connectivity index (χ0v) is 31.3. The highest BCUT2D eigenvalue weighted by atomic mass is 15.1. The third-order valence-electron chi connectivity index (χ3n) is 11.6. The number of hydrogen-bond acceptors (Lipinski definition) is 1. The predicted octanol–water partition coefficient (Wildman–Crippen LogP) is 15.9. The average Bonchev–Trinajstić information content (AvgIpc) is 3.29. The Morgan fingerprint density at radius 2 is 0.754 bits per heavy atom. The van der Waals surface area contributed by atoms with Gasteiger partial charge < -0.3 is 4.90 Å². The van der Waals surface area contributed by atoms with E-state index < -0.39 is 0 Å². The third-order valence-corrected chi connectivity index (χ3v) is 11.6. The van der Waals surface area contributed by atoms with E-state index in [-0.39, 0.29) is 0 Å². The molecule has 57 heavy (non-hydrogen) atoms. The molecular formula is C56H37N. The van der Waals surface area contributed by atoms with Crippen molar-refractivity contribution in [1.82, 2.24) is 0 Å². The molecule has 0 amide bonds. The number of para-hydroxylation sites is 1. The molecule has 11 rings (SSSR count). The Morgan fingerprint density at radius 1 is 0.246 bits per heavy atom. The molecule has 11 aromatic carbocycles. The van der Waals surface area contributed by atoms with Gasteiger partial charge in [-0.15, -0.1) is 0 Å². The Labute approximate surface area is 332 Å². The van der Waals surface area contributed by atoms with E-state index in [9.17, 15) is 0 Å². The highest BCUT2D eigenvalue weighted by Gasteiger charge is 2.22. The number of nitrogens with zero attached hydrogens (tertiary/aromatic N) is 1. The molecular weight excluding hydrogens is 687 g/mol. The van der Waals surface area contributed by atoms with Gasteiger partial charge in [0.15, 0.2) is 0 Å². The van der Waals surface area contributed by atoms with Gasteiger partial charge in [0, 0.05) is 16.6 Å². The minimum atomic E-state index is 1.12. The van der Waals surface area contributed by atoms with Crippen LogP contribution in [0.1, 0.15) is 0 Å². The summed E-state index contributed by atoms with van der Waals surface area (Å²) in [6, 6.07) is 82.1. The van der Waals surface area contributed by atoms with Crippen LogP contribution < -0.4 is 4.90 Å². The average molecular weight is 724 g/mol. The fourth-order valence-corrected chi connectivity index (χ4v) is 9.03. The summed E-state index contributed by atoms with van der Waals surface area (Å²) in [6.45, 7) is 0. The van der Waals surface area contributed by atoms with Gasteiger partial charge in [0.05, 0.1) is 11.4 Å². The molecule has 266 valence electrons. The summed E-state index contributed by atoms with van der Waals surface area (Å²) in [7, 11) is 0.